The Labute approximate surface area is 119 Å². The predicted octanol–water partition coefficient (Wildman–Crippen LogP) is 2.82. The summed E-state index contributed by atoms with van der Waals surface area (Å²) in [7, 11) is 0. The highest BCUT2D eigenvalue weighted by Crippen LogP contribution is 2.32. The van der Waals surface area contributed by atoms with Crippen LogP contribution in [0.3, 0.4) is 0 Å². The van der Waals surface area contributed by atoms with Crippen LogP contribution < -0.4 is 5.32 Å². The lowest BCUT2D eigenvalue weighted by molar-refractivity contribution is -0.126. The lowest BCUT2D eigenvalue weighted by Gasteiger charge is -2.29. The zero-order valence-electron chi connectivity index (χ0n) is 12.0. The van der Waals surface area contributed by atoms with E-state index < -0.39 is 5.41 Å². The van der Waals surface area contributed by atoms with Crippen molar-refractivity contribution in [2.75, 3.05) is 18.5 Å². The van der Waals surface area contributed by atoms with Gasteiger partial charge in [-0.1, -0.05) is 25.1 Å². The number of amides is 1. The largest absolute Gasteiger partial charge is 0.381 e. The van der Waals surface area contributed by atoms with Crippen LogP contribution in [-0.2, 0) is 16.0 Å². The molecular formula is C16H20N2O2. The molecule has 0 bridgehead atoms. The van der Waals surface area contributed by atoms with Crippen molar-refractivity contribution in [2.24, 2.45) is 5.41 Å². The molecule has 1 aromatic carbocycles. The third kappa shape index (κ3) is 2.68. The number of hydrogen-bond donors (Lipinski definition) is 1. The second kappa shape index (κ2) is 6.06. The third-order valence-corrected chi connectivity index (χ3v) is 3.97. The molecule has 0 unspecified atom stereocenters. The summed E-state index contributed by atoms with van der Waals surface area (Å²) in [5.41, 5.74) is 2.02. The molecular weight excluding hydrogens is 252 g/mol. The van der Waals surface area contributed by atoms with Crippen LogP contribution in [-0.4, -0.2) is 19.1 Å². The number of para-hydroxylation sites is 1. The summed E-state index contributed by atoms with van der Waals surface area (Å²) in [6, 6.07) is 8.16. The molecule has 1 fully saturated rings. The Morgan fingerprint density at radius 3 is 2.75 bits per heavy atom. The first-order valence-electron chi connectivity index (χ1n) is 7.02. The molecule has 4 heteroatoms. The van der Waals surface area contributed by atoms with Crippen molar-refractivity contribution in [3.05, 3.63) is 29.3 Å². The monoisotopic (exact) mass is 272 g/mol. The van der Waals surface area contributed by atoms with E-state index in [1.54, 1.807) is 0 Å². The van der Waals surface area contributed by atoms with E-state index in [0.717, 1.165) is 23.2 Å². The first kappa shape index (κ1) is 14.5. The molecule has 1 aromatic rings. The van der Waals surface area contributed by atoms with Gasteiger partial charge in [-0.2, -0.15) is 5.26 Å². The highest BCUT2D eigenvalue weighted by molar-refractivity contribution is 5.98. The molecule has 0 atom stereocenters. The second-order valence-corrected chi connectivity index (χ2v) is 5.22. The van der Waals surface area contributed by atoms with Crippen LogP contribution in [0.1, 0.15) is 30.9 Å². The van der Waals surface area contributed by atoms with E-state index >= 15 is 0 Å². The van der Waals surface area contributed by atoms with Crippen molar-refractivity contribution in [2.45, 2.75) is 33.1 Å². The Morgan fingerprint density at radius 2 is 2.15 bits per heavy atom. The highest BCUT2D eigenvalue weighted by atomic mass is 16.5. The minimum Gasteiger partial charge on any atom is -0.381 e. The maximum Gasteiger partial charge on any atom is 0.245 e. The van der Waals surface area contributed by atoms with Crippen molar-refractivity contribution >= 4 is 11.6 Å². The van der Waals surface area contributed by atoms with Gasteiger partial charge in [-0.25, -0.2) is 0 Å². The number of nitrogens with zero attached hydrogens (tertiary/aromatic N) is 1. The number of rotatable bonds is 3. The molecule has 0 radical (unpaired) electrons. The molecule has 1 heterocycles. The maximum absolute atomic E-state index is 12.6. The minimum atomic E-state index is -0.953. The third-order valence-electron chi connectivity index (χ3n) is 3.97. The fraction of sp³-hybridized carbons (Fsp3) is 0.500. The normalized spacial score (nSPS) is 17.2. The van der Waals surface area contributed by atoms with Gasteiger partial charge in [0.25, 0.3) is 0 Å². The number of hydrogen-bond acceptors (Lipinski definition) is 3. The van der Waals surface area contributed by atoms with E-state index in [1.807, 2.05) is 25.1 Å². The lowest BCUT2D eigenvalue weighted by Crippen LogP contribution is -2.40. The van der Waals surface area contributed by atoms with Crippen LogP contribution in [0.4, 0.5) is 5.69 Å². The summed E-state index contributed by atoms with van der Waals surface area (Å²) < 4.78 is 5.26. The average Bonchev–Trinajstić information content (AvgIpc) is 2.49. The van der Waals surface area contributed by atoms with Gasteiger partial charge < -0.3 is 10.1 Å². The topological polar surface area (TPSA) is 62.1 Å². The molecule has 0 aromatic heterocycles. The molecule has 1 saturated heterocycles. The van der Waals surface area contributed by atoms with Crippen molar-refractivity contribution in [1.82, 2.24) is 0 Å². The Balaban J connectivity index is 2.25. The number of anilines is 1. The van der Waals surface area contributed by atoms with Crippen LogP contribution in [0.2, 0.25) is 0 Å². The van der Waals surface area contributed by atoms with Crippen LogP contribution >= 0.6 is 0 Å². The van der Waals surface area contributed by atoms with Gasteiger partial charge >= 0.3 is 0 Å². The number of nitrogens with one attached hydrogen (secondary N) is 1. The van der Waals surface area contributed by atoms with Gasteiger partial charge in [0, 0.05) is 18.9 Å². The summed E-state index contributed by atoms with van der Waals surface area (Å²) in [5.74, 6) is -0.202. The summed E-state index contributed by atoms with van der Waals surface area (Å²) in [6.07, 6.45) is 1.77. The van der Waals surface area contributed by atoms with Gasteiger partial charge in [0.1, 0.15) is 5.41 Å². The number of nitriles is 1. The molecule has 1 aliphatic heterocycles. The van der Waals surface area contributed by atoms with Gasteiger partial charge in [0.2, 0.25) is 5.91 Å². The summed E-state index contributed by atoms with van der Waals surface area (Å²) in [6.45, 7) is 4.96. The Kier molecular flexibility index (Phi) is 4.41. The quantitative estimate of drug-likeness (QED) is 0.920. The van der Waals surface area contributed by atoms with E-state index in [0.29, 0.717) is 26.1 Å². The molecule has 1 amide bonds. The van der Waals surface area contributed by atoms with Gasteiger partial charge in [0.05, 0.1) is 6.07 Å². The number of benzene rings is 1. The standard InChI is InChI=1S/C16H20N2O2/c1-3-13-6-4-5-12(2)14(13)18-15(19)16(11-17)7-9-20-10-8-16/h4-6H,3,7-10H2,1-2H3,(H,18,19). The van der Waals surface area contributed by atoms with E-state index in [-0.39, 0.29) is 5.91 Å². The SMILES string of the molecule is CCc1cccc(C)c1NC(=O)C1(C#N)CCOCC1. The molecule has 1 N–H and O–H groups in total. The van der Waals surface area contributed by atoms with Crippen molar-refractivity contribution in [1.29, 1.82) is 5.26 Å². The molecule has 4 nitrogen and oxygen atoms in total. The number of carbonyl (C=O) groups is 1. The van der Waals surface area contributed by atoms with Gasteiger partial charge in [0.15, 0.2) is 0 Å². The Hall–Kier alpha value is -1.86. The fourth-order valence-electron chi connectivity index (χ4n) is 2.54. The smallest absolute Gasteiger partial charge is 0.245 e. The minimum absolute atomic E-state index is 0.202. The zero-order chi connectivity index (χ0) is 14.6. The van der Waals surface area contributed by atoms with E-state index in [4.69, 9.17) is 4.74 Å². The number of carbonyl (C=O) groups excluding carboxylic acids is 1. The number of ether oxygens (including phenoxy) is 1. The van der Waals surface area contributed by atoms with Crippen molar-refractivity contribution < 1.29 is 9.53 Å². The fourth-order valence-corrected chi connectivity index (χ4v) is 2.54. The lowest BCUT2D eigenvalue weighted by atomic mass is 9.80. The molecule has 0 saturated carbocycles. The van der Waals surface area contributed by atoms with Crippen molar-refractivity contribution in [3.8, 4) is 6.07 Å². The Bertz CT molecular complexity index is 540. The van der Waals surface area contributed by atoms with Gasteiger partial charge in [-0.05, 0) is 37.3 Å². The first-order chi connectivity index (χ1) is 9.63. The van der Waals surface area contributed by atoms with Crippen LogP contribution in [0, 0.1) is 23.7 Å². The Morgan fingerprint density at radius 1 is 1.45 bits per heavy atom. The molecule has 1 aliphatic rings. The average molecular weight is 272 g/mol. The molecule has 106 valence electrons. The van der Waals surface area contributed by atoms with E-state index in [1.165, 1.54) is 0 Å². The van der Waals surface area contributed by atoms with Gasteiger partial charge in [-0.15, -0.1) is 0 Å². The van der Waals surface area contributed by atoms with E-state index in [9.17, 15) is 10.1 Å². The molecule has 2 rings (SSSR count). The summed E-state index contributed by atoms with van der Waals surface area (Å²) in [5, 5.41) is 12.4. The zero-order valence-corrected chi connectivity index (χ0v) is 12.0. The van der Waals surface area contributed by atoms with Crippen LogP contribution in [0.25, 0.3) is 0 Å². The molecule has 0 aliphatic carbocycles. The van der Waals surface area contributed by atoms with Crippen molar-refractivity contribution in [3.63, 3.8) is 0 Å². The predicted molar refractivity (Wildman–Crippen MR) is 77.3 cm³/mol. The highest BCUT2D eigenvalue weighted by Gasteiger charge is 2.40. The molecule has 20 heavy (non-hydrogen) atoms. The van der Waals surface area contributed by atoms with Crippen LogP contribution in [0.5, 0.6) is 0 Å². The molecule has 0 spiro atoms. The summed E-state index contributed by atoms with van der Waals surface area (Å²) in [4.78, 5) is 12.6. The second-order valence-electron chi connectivity index (χ2n) is 5.22. The first-order valence-corrected chi connectivity index (χ1v) is 7.02. The van der Waals surface area contributed by atoms with E-state index in [2.05, 4.69) is 18.3 Å². The van der Waals surface area contributed by atoms with Crippen LogP contribution in [0.15, 0.2) is 18.2 Å². The maximum atomic E-state index is 12.6. The van der Waals surface area contributed by atoms with Gasteiger partial charge in [-0.3, -0.25) is 4.79 Å². The number of aryl methyl sites for hydroxylation is 2. The summed E-state index contributed by atoms with van der Waals surface area (Å²) >= 11 is 0.